The molecular weight excluding hydrogens is 414 g/mol. The Balaban J connectivity index is 1.60. The van der Waals surface area contributed by atoms with Crippen molar-refractivity contribution in [1.29, 1.82) is 0 Å². The Hall–Kier alpha value is -2.90. The highest BCUT2D eigenvalue weighted by Gasteiger charge is 2.35. The van der Waals surface area contributed by atoms with Crippen LogP contribution in [0, 0.1) is 13.8 Å². The van der Waals surface area contributed by atoms with Gasteiger partial charge in [-0.2, -0.15) is 0 Å². The van der Waals surface area contributed by atoms with Crippen molar-refractivity contribution in [3.8, 4) is 11.1 Å². The number of carbonyl (C=O) groups is 1. The van der Waals surface area contributed by atoms with Gasteiger partial charge in [-0.25, -0.2) is 8.78 Å². The summed E-state index contributed by atoms with van der Waals surface area (Å²) in [6.07, 6.45) is 3.02. The van der Waals surface area contributed by atoms with Gasteiger partial charge in [-0.15, -0.1) is 0 Å². The van der Waals surface area contributed by atoms with E-state index in [0.717, 1.165) is 47.5 Å². The Morgan fingerprint density at radius 2 is 1.97 bits per heavy atom. The van der Waals surface area contributed by atoms with Crippen LogP contribution < -0.4 is 16.0 Å². The van der Waals surface area contributed by atoms with E-state index in [-0.39, 0.29) is 30.8 Å². The molecule has 0 radical (unpaired) electrons. The largest absolute Gasteiger partial charge is 0.381 e. The zero-order chi connectivity index (χ0) is 22.9. The zero-order valence-electron chi connectivity index (χ0n) is 18.6. The fraction of sp³-hybridized carbons (Fsp3) is 0.500. The summed E-state index contributed by atoms with van der Waals surface area (Å²) in [4.78, 5) is 13.0. The van der Waals surface area contributed by atoms with Gasteiger partial charge in [0.05, 0.1) is 17.1 Å². The first kappa shape index (κ1) is 22.3. The van der Waals surface area contributed by atoms with E-state index in [1.54, 1.807) is 0 Å². The summed E-state index contributed by atoms with van der Waals surface area (Å²) in [7, 11) is 0. The smallest absolute Gasteiger partial charge is 0.248 e. The molecule has 6 nitrogen and oxygen atoms in total. The van der Waals surface area contributed by atoms with Crippen molar-refractivity contribution in [2.45, 2.75) is 76.8 Å². The standard InChI is InChI=1S/C24H30F2N4O2/c1-14-5-4-6-20(27-14)23(31)29-21-13-17(22-15(2)30-32-16(22)3)7-8-19(21)28-18-9-11-24(25,26)12-10-18/h7-8,13,18,20,27-28H,1,4-6,9-12H2,2-3H3,(H,29,31)/t20-/m0/s1. The van der Waals surface area contributed by atoms with Crippen molar-refractivity contribution in [2.75, 3.05) is 10.6 Å². The van der Waals surface area contributed by atoms with Crippen LogP contribution in [0.25, 0.3) is 11.1 Å². The van der Waals surface area contributed by atoms with Gasteiger partial charge in [0, 0.05) is 30.1 Å². The quantitative estimate of drug-likeness (QED) is 0.564. The molecule has 3 N–H and O–H groups in total. The summed E-state index contributed by atoms with van der Waals surface area (Å²) in [5.41, 5.74) is 4.72. The topological polar surface area (TPSA) is 79.2 Å². The van der Waals surface area contributed by atoms with E-state index in [2.05, 4.69) is 27.7 Å². The molecule has 172 valence electrons. The third-order valence-corrected chi connectivity index (χ3v) is 6.34. The third kappa shape index (κ3) is 4.95. The number of piperidine rings is 1. The third-order valence-electron chi connectivity index (χ3n) is 6.34. The van der Waals surface area contributed by atoms with Gasteiger partial charge in [0.25, 0.3) is 0 Å². The number of rotatable bonds is 5. The van der Waals surface area contributed by atoms with Crippen LogP contribution in [0.15, 0.2) is 35.0 Å². The van der Waals surface area contributed by atoms with E-state index in [4.69, 9.17) is 4.52 Å². The number of hydrogen-bond acceptors (Lipinski definition) is 5. The summed E-state index contributed by atoms with van der Waals surface area (Å²) < 4.78 is 32.5. The first-order valence-corrected chi connectivity index (χ1v) is 11.2. The van der Waals surface area contributed by atoms with Crippen LogP contribution in [0.3, 0.4) is 0 Å². The fourth-order valence-corrected chi connectivity index (χ4v) is 4.56. The molecule has 1 saturated carbocycles. The highest BCUT2D eigenvalue weighted by Crippen LogP contribution is 2.37. The minimum absolute atomic E-state index is 0.0669. The van der Waals surface area contributed by atoms with Gasteiger partial charge >= 0.3 is 0 Å². The highest BCUT2D eigenvalue weighted by molar-refractivity contribution is 5.98. The van der Waals surface area contributed by atoms with Crippen LogP contribution in [0.1, 0.15) is 56.4 Å². The van der Waals surface area contributed by atoms with E-state index >= 15 is 0 Å². The van der Waals surface area contributed by atoms with Gasteiger partial charge in [0.1, 0.15) is 11.8 Å². The van der Waals surface area contributed by atoms with Crippen LogP contribution in [0.4, 0.5) is 20.2 Å². The number of alkyl halides is 2. The molecule has 8 heteroatoms. The average Bonchev–Trinajstić information content (AvgIpc) is 3.09. The monoisotopic (exact) mass is 444 g/mol. The van der Waals surface area contributed by atoms with E-state index in [1.165, 1.54) is 0 Å². The van der Waals surface area contributed by atoms with E-state index in [1.807, 2.05) is 32.0 Å². The van der Waals surface area contributed by atoms with Crippen LogP contribution in [-0.2, 0) is 4.79 Å². The van der Waals surface area contributed by atoms with Gasteiger partial charge in [0.2, 0.25) is 11.8 Å². The number of nitrogens with one attached hydrogen (secondary N) is 3. The highest BCUT2D eigenvalue weighted by atomic mass is 19.3. The van der Waals surface area contributed by atoms with Crippen molar-refractivity contribution in [1.82, 2.24) is 10.5 Å². The first-order chi connectivity index (χ1) is 15.2. The fourth-order valence-electron chi connectivity index (χ4n) is 4.56. The maximum Gasteiger partial charge on any atom is 0.248 e. The van der Waals surface area contributed by atoms with Gasteiger partial charge in [-0.3, -0.25) is 4.79 Å². The summed E-state index contributed by atoms with van der Waals surface area (Å²) in [5, 5.41) is 13.6. The maximum absolute atomic E-state index is 13.6. The molecule has 0 bridgehead atoms. The number of amides is 1. The molecule has 4 rings (SSSR count). The second-order valence-electron chi connectivity index (χ2n) is 8.92. The molecule has 1 amide bonds. The number of allylic oxidation sites excluding steroid dienone is 1. The second kappa shape index (κ2) is 8.92. The van der Waals surface area contributed by atoms with Gasteiger partial charge < -0.3 is 20.5 Å². The molecule has 1 saturated heterocycles. The van der Waals surface area contributed by atoms with Crippen molar-refractivity contribution < 1.29 is 18.1 Å². The first-order valence-electron chi connectivity index (χ1n) is 11.2. The number of nitrogens with zero attached hydrogens (tertiary/aromatic N) is 1. The Morgan fingerprint density at radius 1 is 1.22 bits per heavy atom. The summed E-state index contributed by atoms with van der Waals surface area (Å²) in [6.45, 7) is 7.66. The summed E-state index contributed by atoms with van der Waals surface area (Å²) in [5.74, 6) is -2.03. The number of aromatic nitrogens is 1. The van der Waals surface area contributed by atoms with Crippen molar-refractivity contribution in [3.05, 3.63) is 41.9 Å². The number of carbonyl (C=O) groups excluding carboxylic acids is 1. The molecule has 0 unspecified atom stereocenters. The lowest BCUT2D eigenvalue weighted by molar-refractivity contribution is -0.118. The van der Waals surface area contributed by atoms with Crippen LogP contribution in [0.5, 0.6) is 0 Å². The zero-order valence-corrected chi connectivity index (χ0v) is 18.6. The SMILES string of the molecule is C=C1CCC[C@@H](C(=O)Nc2cc(-c3c(C)noc3C)ccc2NC2CCC(F)(F)CC2)N1. The number of aryl methyl sites for hydroxylation is 2. The lowest BCUT2D eigenvalue weighted by Gasteiger charge is -2.30. The second-order valence-corrected chi connectivity index (χ2v) is 8.92. The van der Waals surface area contributed by atoms with E-state index in [9.17, 15) is 13.6 Å². The minimum atomic E-state index is -2.59. The Labute approximate surface area is 186 Å². The van der Waals surface area contributed by atoms with Gasteiger partial charge in [-0.05, 0) is 63.6 Å². The average molecular weight is 445 g/mol. The molecule has 1 atom stereocenters. The molecule has 2 aromatic rings. The van der Waals surface area contributed by atoms with Crippen molar-refractivity contribution >= 4 is 17.3 Å². The molecule has 2 aliphatic rings. The summed E-state index contributed by atoms with van der Waals surface area (Å²) >= 11 is 0. The summed E-state index contributed by atoms with van der Waals surface area (Å²) in [6, 6.07) is 5.30. The Morgan fingerprint density at radius 3 is 2.62 bits per heavy atom. The number of anilines is 2. The van der Waals surface area contributed by atoms with Crippen LogP contribution >= 0.6 is 0 Å². The normalized spacial score (nSPS) is 21.1. The predicted molar refractivity (Wildman–Crippen MR) is 121 cm³/mol. The number of benzene rings is 1. The number of hydrogen-bond donors (Lipinski definition) is 3. The van der Waals surface area contributed by atoms with E-state index in [0.29, 0.717) is 24.3 Å². The lowest BCUT2D eigenvalue weighted by atomic mass is 9.92. The van der Waals surface area contributed by atoms with E-state index < -0.39 is 5.92 Å². The van der Waals surface area contributed by atoms with Crippen molar-refractivity contribution in [3.63, 3.8) is 0 Å². The maximum atomic E-state index is 13.6. The number of halogens is 2. The van der Waals surface area contributed by atoms with Crippen molar-refractivity contribution in [2.24, 2.45) is 0 Å². The van der Waals surface area contributed by atoms with Gasteiger partial charge in [0.15, 0.2) is 0 Å². The van der Waals surface area contributed by atoms with Crippen LogP contribution in [0.2, 0.25) is 0 Å². The molecule has 1 aliphatic carbocycles. The van der Waals surface area contributed by atoms with Crippen LogP contribution in [-0.4, -0.2) is 29.1 Å². The Kier molecular flexibility index (Phi) is 6.22. The predicted octanol–water partition coefficient (Wildman–Crippen LogP) is 5.54. The molecule has 32 heavy (non-hydrogen) atoms. The molecule has 2 heterocycles. The molecule has 2 fully saturated rings. The molecule has 1 aliphatic heterocycles. The molecule has 0 spiro atoms. The molecule has 1 aromatic carbocycles. The lowest BCUT2D eigenvalue weighted by Crippen LogP contribution is -2.42. The Bertz CT molecular complexity index is 988. The molecule has 1 aromatic heterocycles. The minimum Gasteiger partial charge on any atom is -0.381 e. The van der Waals surface area contributed by atoms with Gasteiger partial charge in [-0.1, -0.05) is 17.8 Å². The molecular formula is C24H30F2N4O2.